The van der Waals surface area contributed by atoms with Crippen molar-refractivity contribution >= 4 is 28.9 Å². The number of aromatic nitrogens is 3. The number of carbonyl (C=O) groups excluding carboxylic acids is 1. The second kappa shape index (κ2) is 6.91. The summed E-state index contributed by atoms with van der Waals surface area (Å²) in [5, 5.41) is 11.7. The van der Waals surface area contributed by atoms with Crippen LogP contribution in [0, 0.1) is 0 Å². The highest BCUT2D eigenvalue weighted by atomic mass is 32.2. The predicted molar refractivity (Wildman–Crippen MR) is 97.8 cm³/mol. The topological polar surface area (TPSA) is 47.8 Å². The van der Waals surface area contributed by atoms with E-state index in [0.29, 0.717) is 12.2 Å². The molecule has 0 N–H and O–H groups in total. The molecule has 4 nitrogen and oxygen atoms in total. The fourth-order valence-corrected chi connectivity index (χ4v) is 4.80. The van der Waals surface area contributed by atoms with Crippen LogP contribution in [0.3, 0.4) is 0 Å². The number of hydrogen-bond donors (Lipinski definition) is 0. The molecule has 1 aliphatic rings. The molecule has 0 bridgehead atoms. The van der Waals surface area contributed by atoms with Crippen molar-refractivity contribution in [1.82, 2.24) is 14.8 Å². The van der Waals surface area contributed by atoms with E-state index in [1.54, 1.807) is 23.1 Å². The SMILES string of the molecule is O=C1CCCC[C@@H]1Sc1nnc(-c2cccs2)n1-c1ccccc1. The Morgan fingerprint density at radius 1 is 1.08 bits per heavy atom. The smallest absolute Gasteiger partial charge is 0.196 e. The van der Waals surface area contributed by atoms with Crippen LogP contribution in [0.1, 0.15) is 25.7 Å². The molecule has 0 aliphatic heterocycles. The van der Waals surface area contributed by atoms with E-state index in [9.17, 15) is 4.79 Å². The molecular formula is C18H17N3OS2. The van der Waals surface area contributed by atoms with Crippen LogP contribution in [-0.2, 0) is 4.79 Å². The molecule has 0 radical (unpaired) electrons. The molecule has 3 aromatic rings. The summed E-state index contributed by atoms with van der Waals surface area (Å²) < 4.78 is 2.07. The number of thioether (sulfide) groups is 1. The van der Waals surface area contributed by atoms with Gasteiger partial charge in [0.15, 0.2) is 11.0 Å². The first-order valence-corrected chi connectivity index (χ1v) is 9.83. The first-order valence-electron chi connectivity index (χ1n) is 8.07. The van der Waals surface area contributed by atoms with Gasteiger partial charge in [-0.25, -0.2) is 0 Å². The molecule has 4 rings (SSSR count). The zero-order valence-corrected chi connectivity index (χ0v) is 14.7. The molecule has 0 unspecified atom stereocenters. The lowest BCUT2D eigenvalue weighted by Crippen LogP contribution is -2.21. The second-order valence-electron chi connectivity index (χ2n) is 5.77. The zero-order chi connectivity index (χ0) is 16.4. The summed E-state index contributed by atoms with van der Waals surface area (Å²) in [4.78, 5) is 13.3. The number of ketones is 1. The lowest BCUT2D eigenvalue weighted by Gasteiger charge is -2.19. The average Bonchev–Trinajstić information content (AvgIpc) is 3.27. The third-order valence-corrected chi connectivity index (χ3v) is 6.26. The number of carbonyl (C=O) groups is 1. The van der Waals surface area contributed by atoms with Crippen molar-refractivity contribution in [2.45, 2.75) is 36.1 Å². The van der Waals surface area contributed by atoms with Gasteiger partial charge in [-0.3, -0.25) is 9.36 Å². The molecule has 0 amide bonds. The van der Waals surface area contributed by atoms with Gasteiger partial charge in [0.1, 0.15) is 5.78 Å². The van der Waals surface area contributed by atoms with Gasteiger partial charge in [0.2, 0.25) is 0 Å². The Labute approximate surface area is 148 Å². The Morgan fingerprint density at radius 3 is 2.71 bits per heavy atom. The molecule has 122 valence electrons. The number of Topliss-reactive ketones (excluding diaryl/α,β-unsaturated/α-hetero) is 1. The van der Waals surface area contributed by atoms with Crippen molar-refractivity contribution in [3.05, 3.63) is 47.8 Å². The Morgan fingerprint density at radius 2 is 1.96 bits per heavy atom. The van der Waals surface area contributed by atoms with Crippen LogP contribution < -0.4 is 0 Å². The maximum absolute atomic E-state index is 12.2. The Kier molecular flexibility index (Phi) is 4.49. The maximum Gasteiger partial charge on any atom is 0.196 e. The van der Waals surface area contributed by atoms with E-state index in [0.717, 1.165) is 40.8 Å². The average molecular weight is 355 g/mol. The van der Waals surface area contributed by atoms with Gasteiger partial charge in [-0.2, -0.15) is 0 Å². The van der Waals surface area contributed by atoms with Crippen molar-refractivity contribution in [2.75, 3.05) is 0 Å². The minimum atomic E-state index is 0.00148. The van der Waals surface area contributed by atoms with Crippen LogP contribution in [0.5, 0.6) is 0 Å². The molecule has 1 saturated carbocycles. The summed E-state index contributed by atoms with van der Waals surface area (Å²) in [5.74, 6) is 1.17. The van der Waals surface area contributed by atoms with Crippen LogP contribution in [0.25, 0.3) is 16.4 Å². The van der Waals surface area contributed by atoms with Crippen molar-refractivity contribution in [1.29, 1.82) is 0 Å². The Balaban J connectivity index is 1.75. The standard InChI is InChI=1S/C18H17N3OS2/c22-14-9-4-5-10-15(14)24-18-20-19-17(16-11-6-12-23-16)21(18)13-7-2-1-3-8-13/h1-3,6-8,11-12,15H,4-5,9-10H2/t15-/m0/s1. The van der Waals surface area contributed by atoms with E-state index >= 15 is 0 Å². The van der Waals surface area contributed by atoms with Gasteiger partial charge in [0, 0.05) is 12.1 Å². The normalized spacial score (nSPS) is 18.0. The molecule has 0 spiro atoms. The summed E-state index contributed by atoms with van der Waals surface area (Å²) in [6.45, 7) is 0. The highest BCUT2D eigenvalue weighted by Crippen LogP contribution is 2.35. The van der Waals surface area contributed by atoms with Gasteiger partial charge < -0.3 is 0 Å². The van der Waals surface area contributed by atoms with Crippen LogP contribution in [0.2, 0.25) is 0 Å². The molecule has 1 aliphatic carbocycles. The van der Waals surface area contributed by atoms with E-state index in [2.05, 4.69) is 14.8 Å². The maximum atomic E-state index is 12.2. The predicted octanol–water partition coefficient (Wildman–Crippen LogP) is 4.60. The van der Waals surface area contributed by atoms with Crippen LogP contribution in [0.4, 0.5) is 0 Å². The first-order chi connectivity index (χ1) is 11.8. The van der Waals surface area contributed by atoms with Crippen LogP contribution >= 0.6 is 23.1 Å². The second-order valence-corrected chi connectivity index (χ2v) is 7.89. The lowest BCUT2D eigenvalue weighted by molar-refractivity contribution is -0.119. The largest absolute Gasteiger partial charge is 0.298 e. The van der Waals surface area contributed by atoms with E-state index in [4.69, 9.17) is 0 Å². The number of para-hydroxylation sites is 1. The number of benzene rings is 1. The highest BCUT2D eigenvalue weighted by molar-refractivity contribution is 8.00. The van der Waals surface area contributed by atoms with Crippen molar-refractivity contribution < 1.29 is 4.79 Å². The van der Waals surface area contributed by atoms with E-state index < -0.39 is 0 Å². The number of thiophene rings is 1. The molecule has 24 heavy (non-hydrogen) atoms. The zero-order valence-electron chi connectivity index (χ0n) is 13.1. The summed E-state index contributed by atoms with van der Waals surface area (Å²) in [6.07, 6.45) is 3.75. The summed E-state index contributed by atoms with van der Waals surface area (Å²) >= 11 is 3.20. The van der Waals surface area contributed by atoms with Crippen LogP contribution in [-0.4, -0.2) is 25.8 Å². The lowest BCUT2D eigenvalue weighted by atomic mass is 9.99. The van der Waals surface area contributed by atoms with Crippen molar-refractivity contribution in [3.63, 3.8) is 0 Å². The third kappa shape index (κ3) is 3.03. The monoisotopic (exact) mass is 355 g/mol. The minimum absolute atomic E-state index is 0.00148. The van der Waals surface area contributed by atoms with Crippen molar-refractivity contribution in [2.24, 2.45) is 0 Å². The Bertz CT molecular complexity index is 827. The molecular weight excluding hydrogens is 338 g/mol. The highest BCUT2D eigenvalue weighted by Gasteiger charge is 2.27. The molecule has 2 heterocycles. The van der Waals surface area contributed by atoms with E-state index in [1.807, 2.05) is 47.8 Å². The molecule has 1 aromatic carbocycles. The van der Waals surface area contributed by atoms with Gasteiger partial charge >= 0.3 is 0 Å². The summed E-state index contributed by atoms with van der Waals surface area (Å²) in [6, 6.07) is 14.2. The van der Waals surface area contributed by atoms with E-state index in [1.165, 1.54) is 0 Å². The first kappa shape index (κ1) is 15.6. The summed E-state index contributed by atoms with van der Waals surface area (Å²) in [7, 11) is 0. The van der Waals surface area contributed by atoms with Crippen LogP contribution in [0.15, 0.2) is 53.0 Å². The minimum Gasteiger partial charge on any atom is -0.298 e. The van der Waals surface area contributed by atoms with Gasteiger partial charge in [-0.15, -0.1) is 21.5 Å². The summed E-state index contributed by atoms with van der Waals surface area (Å²) in [5.41, 5.74) is 1.02. The molecule has 1 atom stereocenters. The fourth-order valence-electron chi connectivity index (χ4n) is 2.92. The molecule has 1 fully saturated rings. The van der Waals surface area contributed by atoms with Gasteiger partial charge in [0.05, 0.1) is 10.1 Å². The molecule has 0 saturated heterocycles. The van der Waals surface area contributed by atoms with Gasteiger partial charge in [-0.05, 0) is 36.4 Å². The number of nitrogens with zero attached hydrogens (tertiary/aromatic N) is 3. The fraction of sp³-hybridized carbons (Fsp3) is 0.278. The van der Waals surface area contributed by atoms with Gasteiger partial charge in [0.25, 0.3) is 0 Å². The van der Waals surface area contributed by atoms with E-state index in [-0.39, 0.29) is 5.25 Å². The Hall–Kier alpha value is -1.92. The van der Waals surface area contributed by atoms with Crippen molar-refractivity contribution in [3.8, 4) is 16.4 Å². The number of hydrogen-bond acceptors (Lipinski definition) is 5. The molecule has 6 heteroatoms. The number of rotatable bonds is 4. The third-order valence-electron chi connectivity index (χ3n) is 4.14. The molecule has 2 aromatic heterocycles. The van der Waals surface area contributed by atoms with Gasteiger partial charge in [-0.1, -0.05) is 42.4 Å². The quantitative estimate of drug-likeness (QED) is 0.686.